The Bertz CT molecular complexity index is 1020. The van der Waals surface area contributed by atoms with E-state index in [2.05, 4.69) is 0 Å². The van der Waals surface area contributed by atoms with E-state index in [1.807, 2.05) is 5.32 Å². The molecule has 0 saturated carbocycles. The Balaban J connectivity index is 1.83. The highest BCUT2D eigenvalue weighted by Gasteiger charge is 2.41. The van der Waals surface area contributed by atoms with E-state index in [1.54, 1.807) is 0 Å². The summed E-state index contributed by atoms with van der Waals surface area (Å²) < 4.78 is 39.7. The largest absolute Gasteiger partial charge is 0.322 e. The van der Waals surface area contributed by atoms with Gasteiger partial charge in [0, 0.05) is 6.07 Å². The maximum Gasteiger partial charge on any atom is 0.282 e. The van der Waals surface area contributed by atoms with Gasteiger partial charge in [0.05, 0.1) is 16.2 Å². The molecule has 0 bridgehead atoms. The predicted octanol–water partition coefficient (Wildman–Crippen LogP) is 2.25. The van der Waals surface area contributed by atoms with E-state index in [-0.39, 0.29) is 5.56 Å². The molecule has 1 aliphatic heterocycles. The van der Waals surface area contributed by atoms with Crippen LogP contribution in [0.5, 0.6) is 0 Å². The van der Waals surface area contributed by atoms with Crippen LogP contribution in [0.15, 0.2) is 30.3 Å². The van der Waals surface area contributed by atoms with Gasteiger partial charge in [-0.05, 0) is 18.2 Å². The molecule has 0 atom stereocenters. The van der Waals surface area contributed by atoms with Crippen molar-refractivity contribution in [1.29, 1.82) is 0 Å². The molecule has 11 heteroatoms. The molecule has 3 amide bonds. The Kier molecular flexibility index (Phi) is 4.35. The van der Waals surface area contributed by atoms with Crippen LogP contribution in [0, 0.1) is 27.6 Å². The number of nitrogens with zero attached hydrogens (tertiary/aromatic N) is 2. The van der Waals surface area contributed by atoms with Crippen LogP contribution in [0.1, 0.15) is 20.7 Å². The molecule has 138 valence electrons. The zero-order valence-electron chi connectivity index (χ0n) is 13.2. The minimum atomic E-state index is -1.80. The van der Waals surface area contributed by atoms with Crippen LogP contribution in [0.4, 0.5) is 24.5 Å². The van der Waals surface area contributed by atoms with E-state index >= 15 is 0 Å². The number of rotatable bonds is 4. The third-order valence-electron chi connectivity index (χ3n) is 3.78. The fraction of sp³-hybridized carbons (Fsp3) is 0.0625. The van der Waals surface area contributed by atoms with Gasteiger partial charge in [-0.25, -0.2) is 13.2 Å². The van der Waals surface area contributed by atoms with Crippen LogP contribution in [0.25, 0.3) is 0 Å². The maximum atomic E-state index is 13.6. The van der Waals surface area contributed by atoms with Crippen molar-refractivity contribution in [2.45, 2.75) is 0 Å². The molecule has 1 N–H and O–H groups in total. The summed E-state index contributed by atoms with van der Waals surface area (Å²) in [6.45, 7) is -0.901. The highest BCUT2D eigenvalue weighted by atomic mass is 19.2. The lowest BCUT2D eigenvalue weighted by atomic mass is 10.1. The van der Waals surface area contributed by atoms with Crippen LogP contribution >= 0.6 is 0 Å². The molecule has 1 aliphatic rings. The van der Waals surface area contributed by atoms with E-state index in [0.717, 1.165) is 12.1 Å². The van der Waals surface area contributed by atoms with Crippen LogP contribution in [0.3, 0.4) is 0 Å². The highest BCUT2D eigenvalue weighted by molar-refractivity contribution is 6.24. The number of nitro groups is 1. The maximum absolute atomic E-state index is 13.6. The summed E-state index contributed by atoms with van der Waals surface area (Å²) in [4.78, 5) is 47.2. The lowest BCUT2D eigenvalue weighted by molar-refractivity contribution is -0.385. The van der Waals surface area contributed by atoms with Crippen molar-refractivity contribution in [2.75, 3.05) is 11.9 Å². The van der Waals surface area contributed by atoms with Gasteiger partial charge in [-0.15, -0.1) is 0 Å². The Labute approximate surface area is 148 Å². The van der Waals surface area contributed by atoms with Gasteiger partial charge in [0.2, 0.25) is 5.91 Å². The molecule has 1 heterocycles. The van der Waals surface area contributed by atoms with Crippen LogP contribution < -0.4 is 5.32 Å². The molecule has 0 aliphatic carbocycles. The van der Waals surface area contributed by atoms with Gasteiger partial charge in [-0.1, -0.05) is 6.07 Å². The highest BCUT2D eigenvalue weighted by Crippen LogP contribution is 2.30. The van der Waals surface area contributed by atoms with Gasteiger partial charge >= 0.3 is 0 Å². The number of carbonyl (C=O) groups is 3. The van der Waals surface area contributed by atoms with Crippen LogP contribution in [0.2, 0.25) is 0 Å². The topological polar surface area (TPSA) is 110 Å². The predicted molar refractivity (Wildman–Crippen MR) is 83.4 cm³/mol. The summed E-state index contributed by atoms with van der Waals surface area (Å²) in [5, 5.41) is 12.9. The Morgan fingerprint density at radius 1 is 1.07 bits per heavy atom. The second kappa shape index (κ2) is 6.52. The van der Waals surface area contributed by atoms with Crippen molar-refractivity contribution in [2.24, 2.45) is 0 Å². The van der Waals surface area contributed by atoms with Crippen molar-refractivity contribution >= 4 is 29.1 Å². The van der Waals surface area contributed by atoms with Gasteiger partial charge in [0.15, 0.2) is 17.5 Å². The first-order valence-electron chi connectivity index (χ1n) is 7.29. The smallest absolute Gasteiger partial charge is 0.282 e. The Morgan fingerprint density at radius 3 is 2.44 bits per heavy atom. The minimum absolute atomic E-state index is 0.249. The third kappa shape index (κ3) is 2.99. The van der Waals surface area contributed by atoms with E-state index < -0.39 is 63.6 Å². The average molecular weight is 379 g/mol. The Morgan fingerprint density at radius 2 is 1.78 bits per heavy atom. The summed E-state index contributed by atoms with van der Waals surface area (Å²) >= 11 is 0. The van der Waals surface area contributed by atoms with E-state index in [4.69, 9.17) is 0 Å². The molecule has 0 fully saturated rings. The van der Waals surface area contributed by atoms with Gasteiger partial charge < -0.3 is 5.32 Å². The number of nitro benzene ring substituents is 1. The molecule has 0 radical (unpaired) electrons. The Hall–Kier alpha value is -3.76. The molecule has 3 rings (SSSR count). The molecular formula is C16H8F3N3O5. The number of amides is 3. The van der Waals surface area contributed by atoms with Gasteiger partial charge in [0.25, 0.3) is 17.5 Å². The minimum Gasteiger partial charge on any atom is -0.322 e. The van der Waals surface area contributed by atoms with Gasteiger partial charge in [0.1, 0.15) is 12.1 Å². The van der Waals surface area contributed by atoms with Crippen molar-refractivity contribution in [3.05, 3.63) is 69.0 Å². The number of fused-ring (bicyclic) bond motifs is 1. The number of benzene rings is 2. The lowest BCUT2D eigenvalue weighted by Gasteiger charge is -2.14. The molecule has 2 aromatic carbocycles. The van der Waals surface area contributed by atoms with E-state index in [9.17, 15) is 37.7 Å². The first kappa shape index (κ1) is 18.0. The molecule has 2 aromatic rings. The van der Waals surface area contributed by atoms with Crippen molar-refractivity contribution in [3.63, 3.8) is 0 Å². The number of halogens is 3. The van der Waals surface area contributed by atoms with E-state index in [1.165, 1.54) is 12.1 Å². The zero-order chi connectivity index (χ0) is 19.9. The summed E-state index contributed by atoms with van der Waals surface area (Å²) in [6, 6.07) is 4.78. The molecule has 27 heavy (non-hydrogen) atoms. The molecule has 0 unspecified atom stereocenters. The van der Waals surface area contributed by atoms with E-state index in [0.29, 0.717) is 11.0 Å². The second-order valence-electron chi connectivity index (χ2n) is 5.42. The number of imide groups is 1. The normalized spacial score (nSPS) is 12.9. The van der Waals surface area contributed by atoms with Gasteiger partial charge in [-0.2, -0.15) is 0 Å². The molecular weight excluding hydrogens is 371 g/mol. The lowest BCUT2D eigenvalue weighted by Crippen LogP contribution is -2.37. The monoisotopic (exact) mass is 379 g/mol. The zero-order valence-corrected chi connectivity index (χ0v) is 13.2. The standard InChI is InChI=1S/C16H8F3N3O5/c17-8-4-5-9(14(19)13(8)18)20-11(23)6-21-15(24)7-2-1-3-10(22(26)27)12(7)16(21)25/h1-5H,6H2,(H,20,23). The first-order chi connectivity index (χ1) is 12.7. The molecule has 0 saturated heterocycles. The van der Waals surface area contributed by atoms with Gasteiger partial charge in [-0.3, -0.25) is 29.4 Å². The fourth-order valence-electron chi connectivity index (χ4n) is 2.57. The average Bonchev–Trinajstić information content (AvgIpc) is 2.87. The summed E-state index contributed by atoms with van der Waals surface area (Å²) in [5.74, 6) is -8.01. The summed E-state index contributed by atoms with van der Waals surface area (Å²) in [5.41, 5.74) is -2.00. The SMILES string of the molecule is O=C(CN1C(=O)c2cccc([N+](=O)[O-])c2C1=O)Nc1ccc(F)c(F)c1F. The fourth-order valence-corrected chi connectivity index (χ4v) is 2.57. The first-order valence-corrected chi connectivity index (χ1v) is 7.29. The van der Waals surface area contributed by atoms with Crippen molar-refractivity contribution in [3.8, 4) is 0 Å². The third-order valence-corrected chi connectivity index (χ3v) is 3.78. The number of anilines is 1. The van der Waals surface area contributed by atoms with Crippen LogP contribution in [-0.2, 0) is 4.79 Å². The molecule has 0 aromatic heterocycles. The van der Waals surface area contributed by atoms with Crippen molar-refractivity contribution in [1.82, 2.24) is 4.90 Å². The number of hydrogen-bond donors (Lipinski definition) is 1. The number of carbonyl (C=O) groups excluding carboxylic acids is 3. The summed E-state index contributed by atoms with van der Waals surface area (Å²) in [6.07, 6.45) is 0. The second-order valence-corrected chi connectivity index (χ2v) is 5.42. The molecule has 0 spiro atoms. The number of hydrogen-bond acceptors (Lipinski definition) is 5. The van der Waals surface area contributed by atoms with Crippen molar-refractivity contribution < 1.29 is 32.5 Å². The quantitative estimate of drug-likeness (QED) is 0.379. The van der Waals surface area contributed by atoms with Crippen LogP contribution in [-0.4, -0.2) is 34.1 Å². The number of nitrogens with one attached hydrogen (secondary N) is 1. The molecule has 8 nitrogen and oxygen atoms in total. The summed E-state index contributed by atoms with van der Waals surface area (Å²) in [7, 11) is 0.